The van der Waals surface area contributed by atoms with Gasteiger partial charge in [0.25, 0.3) is 5.91 Å². The molecule has 0 spiro atoms. The molecular formula is C16H24N2O. The van der Waals surface area contributed by atoms with E-state index in [9.17, 15) is 4.79 Å². The van der Waals surface area contributed by atoms with Crippen molar-refractivity contribution >= 4 is 11.6 Å². The highest BCUT2D eigenvalue weighted by molar-refractivity contribution is 5.94. The third kappa shape index (κ3) is 3.49. The molecule has 0 aromatic heterocycles. The van der Waals surface area contributed by atoms with Gasteiger partial charge >= 0.3 is 0 Å². The number of likely N-dealkylation sites (tertiary alicyclic amines) is 1. The Kier molecular flexibility index (Phi) is 4.13. The molecular weight excluding hydrogens is 236 g/mol. The lowest BCUT2D eigenvalue weighted by Gasteiger charge is -2.37. The number of hydrogen-bond donors (Lipinski definition) is 1. The van der Waals surface area contributed by atoms with Crippen LogP contribution in [0.25, 0.3) is 0 Å². The molecule has 1 fully saturated rings. The van der Waals surface area contributed by atoms with Gasteiger partial charge in [0, 0.05) is 30.9 Å². The number of carbonyl (C=O) groups excluding carboxylic acids is 1. The summed E-state index contributed by atoms with van der Waals surface area (Å²) < 4.78 is 0. The number of piperidine rings is 1. The van der Waals surface area contributed by atoms with Crippen LogP contribution in [0.5, 0.6) is 0 Å². The maximum absolute atomic E-state index is 12.4. The Morgan fingerprint density at radius 1 is 1.21 bits per heavy atom. The number of rotatable bonds is 3. The highest BCUT2D eigenvalue weighted by Crippen LogP contribution is 2.30. The number of nitrogens with zero attached hydrogens (tertiary/aromatic N) is 1. The first-order chi connectivity index (χ1) is 9.02. The molecule has 0 aliphatic carbocycles. The lowest BCUT2D eigenvalue weighted by Crippen LogP contribution is -2.41. The SMILES string of the molecule is CCNc1ccc(C(=O)N2CCC(C)(C)CC2)cc1. The van der Waals surface area contributed by atoms with E-state index in [1.165, 1.54) is 0 Å². The molecule has 1 saturated heterocycles. The Morgan fingerprint density at radius 3 is 2.32 bits per heavy atom. The van der Waals surface area contributed by atoms with Gasteiger partial charge in [0.2, 0.25) is 0 Å². The van der Waals surface area contributed by atoms with Crippen molar-refractivity contribution < 1.29 is 4.79 Å². The van der Waals surface area contributed by atoms with Crippen molar-refractivity contribution in [2.75, 3.05) is 25.0 Å². The van der Waals surface area contributed by atoms with Crippen LogP contribution >= 0.6 is 0 Å². The second-order valence-corrected chi connectivity index (χ2v) is 6.06. The van der Waals surface area contributed by atoms with Gasteiger partial charge in [0.1, 0.15) is 0 Å². The summed E-state index contributed by atoms with van der Waals surface area (Å²) >= 11 is 0. The van der Waals surface area contributed by atoms with E-state index in [1.807, 2.05) is 29.2 Å². The molecule has 1 aromatic rings. The van der Waals surface area contributed by atoms with Crippen LogP contribution in [0.4, 0.5) is 5.69 Å². The minimum Gasteiger partial charge on any atom is -0.385 e. The van der Waals surface area contributed by atoms with E-state index in [2.05, 4.69) is 26.1 Å². The Bertz CT molecular complexity index is 427. The second kappa shape index (κ2) is 5.64. The van der Waals surface area contributed by atoms with Crippen molar-refractivity contribution in [3.8, 4) is 0 Å². The molecule has 0 unspecified atom stereocenters. The number of benzene rings is 1. The van der Waals surface area contributed by atoms with Gasteiger partial charge in [-0.05, 0) is 49.4 Å². The van der Waals surface area contributed by atoms with Crippen molar-refractivity contribution in [3.05, 3.63) is 29.8 Å². The van der Waals surface area contributed by atoms with E-state index in [0.29, 0.717) is 5.41 Å². The van der Waals surface area contributed by atoms with Crippen molar-refractivity contribution in [2.45, 2.75) is 33.6 Å². The van der Waals surface area contributed by atoms with E-state index in [4.69, 9.17) is 0 Å². The molecule has 3 nitrogen and oxygen atoms in total. The van der Waals surface area contributed by atoms with E-state index in [0.717, 1.165) is 43.7 Å². The van der Waals surface area contributed by atoms with Crippen molar-refractivity contribution in [1.29, 1.82) is 0 Å². The summed E-state index contributed by atoms with van der Waals surface area (Å²) in [4.78, 5) is 14.4. The predicted octanol–water partition coefficient (Wildman–Crippen LogP) is 3.38. The molecule has 0 saturated carbocycles. The summed E-state index contributed by atoms with van der Waals surface area (Å²) in [5.41, 5.74) is 2.24. The van der Waals surface area contributed by atoms with Crippen LogP contribution in [0.1, 0.15) is 44.0 Å². The quantitative estimate of drug-likeness (QED) is 0.903. The Labute approximate surface area is 116 Å². The van der Waals surface area contributed by atoms with Gasteiger partial charge in [0.15, 0.2) is 0 Å². The lowest BCUT2D eigenvalue weighted by molar-refractivity contribution is 0.0630. The highest BCUT2D eigenvalue weighted by Gasteiger charge is 2.28. The minimum absolute atomic E-state index is 0.165. The van der Waals surface area contributed by atoms with Gasteiger partial charge in [-0.25, -0.2) is 0 Å². The van der Waals surface area contributed by atoms with Gasteiger partial charge in [-0.15, -0.1) is 0 Å². The lowest BCUT2D eigenvalue weighted by atomic mass is 9.82. The largest absolute Gasteiger partial charge is 0.385 e. The number of anilines is 1. The Morgan fingerprint density at radius 2 is 1.79 bits per heavy atom. The molecule has 19 heavy (non-hydrogen) atoms. The standard InChI is InChI=1S/C16H24N2O/c1-4-17-14-7-5-13(6-8-14)15(19)18-11-9-16(2,3)10-12-18/h5-8,17H,4,9-12H2,1-3H3. The first-order valence-electron chi connectivity index (χ1n) is 7.15. The normalized spacial score (nSPS) is 18.2. The molecule has 3 heteroatoms. The summed E-state index contributed by atoms with van der Waals surface area (Å²) in [5.74, 6) is 0.165. The van der Waals surface area contributed by atoms with E-state index < -0.39 is 0 Å². The average molecular weight is 260 g/mol. The first kappa shape index (κ1) is 13.9. The van der Waals surface area contributed by atoms with Crippen LogP contribution in [0.15, 0.2) is 24.3 Å². The Hall–Kier alpha value is -1.51. The molecule has 1 aromatic carbocycles. The van der Waals surface area contributed by atoms with Crippen LogP contribution in [0.3, 0.4) is 0 Å². The van der Waals surface area contributed by atoms with Gasteiger partial charge in [0.05, 0.1) is 0 Å². The van der Waals surface area contributed by atoms with E-state index in [-0.39, 0.29) is 5.91 Å². The third-order valence-corrected chi connectivity index (χ3v) is 3.92. The van der Waals surface area contributed by atoms with Crippen LogP contribution < -0.4 is 5.32 Å². The van der Waals surface area contributed by atoms with Crippen molar-refractivity contribution in [3.63, 3.8) is 0 Å². The summed E-state index contributed by atoms with van der Waals surface area (Å²) in [6.07, 6.45) is 2.18. The molecule has 1 amide bonds. The molecule has 1 N–H and O–H groups in total. The molecule has 1 aliphatic rings. The summed E-state index contributed by atoms with van der Waals surface area (Å²) in [5, 5.41) is 3.24. The van der Waals surface area contributed by atoms with Gasteiger partial charge in [-0.1, -0.05) is 13.8 Å². The predicted molar refractivity (Wildman–Crippen MR) is 79.5 cm³/mol. The zero-order chi connectivity index (χ0) is 13.9. The van der Waals surface area contributed by atoms with Crippen molar-refractivity contribution in [1.82, 2.24) is 4.90 Å². The fourth-order valence-corrected chi connectivity index (χ4v) is 2.43. The van der Waals surface area contributed by atoms with Crippen molar-refractivity contribution in [2.24, 2.45) is 5.41 Å². The average Bonchev–Trinajstić information content (AvgIpc) is 2.39. The zero-order valence-electron chi connectivity index (χ0n) is 12.2. The summed E-state index contributed by atoms with van der Waals surface area (Å²) in [6.45, 7) is 9.27. The van der Waals surface area contributed by atoms with E-state index >= 15 is 0 Å². The smallest absolute Gasteiger partial charge is 0.253 e. The molecule has 0 radical (unpaired) electrons. The molecule has 1 heterocycles. The third-order valence-electron chi connectivity index (χ3n) is 3.92. The number of nitrogens with one attached hydrogen (secondary N) is 1. The minimum atomic E-state index is 0.165. The molecule has 0 atom stereocenters. The molecule has 0 bridgehead atoms. The van der Waals surface area contributed by atoms with Crippen LogP contribution in [0, 0.1) is 5.41 Å². The second-order valence-electron chi connectivity index (χ2n) is 6.06. The Balaban J connectivity index is 2.00. The van der Waals surface area contributed by atoms with E-state index in [1.54, 1.807) is 0 Å². The van der Waals surface area contributed by atoms with Gasteiger partial charge in [-0.2, -0.15) is 0 Å². The first-order valence-corrected chi connectivity index (χ1v) is 7.15. The summed E-state index contributed by atoms with van der Waals surface area (Å²) in [7, 11) is 0. The maximum atomic E-state index is 12.4. The summed E-state index contributed by atoms with van der Waals surface area (Å²) in [6, 6.07) is 7.79. The maximum Gasteiger partial charge on any atom is 0.253 e. The van der Waals surface area contributed by atoms with Gasteiger partial charge in [-0.3, -0.25) is 4.79 Å². The fourth-order valence-electron chi connectivity index (χ4n) is 2.43. The fraction of sp³-hybridized carbons (Fsp3) is 0.562. The van der Waals surface area contributed by atoms with Crippen LogP contribution in [-0.2, 0) is 0 Å². The number of carbonyl (C=O) groups is 1. The molecule has 2 rings (SSSR count). The van der Waals surface area contributed by atoms with Crippen LogP contribution in [0.2, 0.25) is 0 Å². The topological polar surface area (TPSA) is 32.3 Å². The highest BCUT2D eigenvalue weighted by atomic mass is 16.2. The molecule has 104 valence electrons. The number of amides is 1. The number of hydrogen-bond acceptors (Lipinski definition) is 2. The monoisotopic (exact) mass is 260 g/mol. The van der Waals surface area contributed by atoms with Crippen LogP contribution in [-0.4, -0.2) is 30.4 Å². The van der Waals surface area contributed by atoms with Gasteiger partial charge < -0.3 is 10.2 Å². The zero-order valence-corrected chi connectivity index (χ0v) is 12.2. The molecule has 1 aliphatic heterocycles.